The van der Waals surface area contributed by atoms with Crippen molar-refractivity contribution in [2.24, 2.45) is 0 Å². The summed E-state index contributed by atoms with van der Waals surface area (Å²) in [5, 5.41) is 8.92. The highest BCUT2D eigenvalue weighted by Gasteiger charge is 2.23. The highest BCUT2D eigenvalue weighted by Crippen LogP contribution is 2.23. The number of carboxylic acid groups (broad SMARTS) is 1. The summed E-state index contributed by atoms with van der Waals surface area (Å²) in [7, 11) is -4.59. The molecule has 2 aromatic carbocycles. The van der Waals surface area contributed by atoms with Crippen LogP contribution in [0.15, 0.2) is 41.3 Å². The zero-order chi connectivity index (χ0) is 16.5. The predicted molar refractivity (Wildman–Crippen MR) is 70.5 cm³/mol. The average molecular weight is 331 g/mol. The van der Waals surface area contributed by atoms with E-state index in [1.165, 1.54) is 0 Å². The molecular formula is C13H8F3NO4S. The molecule has 0 aromatic heterocycles. The largest absolute Gasteiger partial charge is 0.478 e. The normalized spacial score (nSPS) is 11.2. The van der Waals surface area contributed by atoms with Gasteiger partial charge in [0, 0.05) is 0 Å². The van der Waals surface area contributed by atoms with E-state index in [2.05, 4.69) is 0 Å². The first-order chi connectivity index (χ1) is 10.2. The van der Waals surface area contributed by atoms with Gasteiger partial charge in [-0.05, 0) is 36.4 Å². The van der Waals surface area contributed by atoms with Crippen LogP contribution < -0.4 is 4.72 Å². The van der Waals surface area contributed by atoms with Gasteiger partial charge in [-0.3, -0.25) is 4.72 Å². The first kappa shape index (κ1) is 15.8. The first-order valence-electron chi connectivity index (χ1n) is 5.71. The van der Waals surface area contributed by atoms with Crippen LogP contribution in [0.3, 0.4) is 0 Å². The van der Waals surface area contributed by atoms with Crippen LogP contribution in [0.5, 0.6) is 0 Å². The molecule has 0 aliphatic carbocycles. The van der Waals surface area contributed by atoms with Gasteiger partial charge in [-0.1, -0.05) is 0 Å². The molecule has 0 saturated carbocycles. The summed E-state index contributed by atoms with van der Waals surface area (Å²) >= 11 is 0. The van der Waals surface area contributed by atoms with Crippen molar-refractivity contribution < 1.29 is 31.5 Å². The van der Waals surface area contributed by atoms with Crippen LogP contribution in [0.4, 0.5) is 18.9 Å². The lowest BCUT2D eigenvalue weighted by Gasteiger charge is -2.11. The number of carboxylic acids is 1. The second-order valence-electron chi connectivity index (χ2n) is 4.18. The zero-order valence-corrected chi connectivity index (χ0v) is 11.5. The van der Waals surface area contributed by atoms with Crippen molar-refractivity contribution in [1.82, 2.24) is 0 Å². The van der Waals surface area contributed by atoms with Crippen molar-refractivity contribution >= 4 is 21.7 Å². The molecule has 116 valence electrons. The van der Waals surface area contributed by atoms with Crippen molar-refractivity contribution in [3.05, 3.63) is 59.4 Å². The average Bonchev–Trinajstić information content (AvgIpc) is 2.43. The summed E-state index contributed by atoms with van der Waals surface area (Å²) in [6.07, 6.45) is 0. The van der Waals surface area contributed by atoms with E-state index in [0.717, 1.165) is 18.2 Å². The number of carbonyl (C=O) groups is 1. The topological polar surface area (TPSA) is 83.5 Å². The third-order valence-electron chi connectivity index (χ3n) is 2.64. The Labute approximate surface area is 123 Å². The summed E-state index contributed by atoms with van der Waals surface area (Å²) in [4.78, 5) is 9.99. The summed E-state index contributed by atoms with van der Waals surface area (Å²) < 4.78 is 65.5. The highest BCUT2D eigenvalue weighted by atomic mass is 32.2. The molecule has 0 fully saturated rings. The molecule has 0 aliphatic rings. The summed E-state index contributed by atoms with van der Waals surface area (Å²) in [6.45, 7) is 0. The minimum Gasteiger partial charge on any atom is -0.478 e. The summed E-state index contributed by atoms with van der Waals surface area (Å²) in [5.41, 5.74) is -1.14. The molecule has 0 atom stereocenters. The molecule has 22 heavy (non-hydrogen) atoms. The Bertz CT molecular complexity index is 852. The Kier molecular flexibility index (Phi) is 4.09. The molecule has 0 saturated heterocycles. The molecule has 2 aromatic rings. The van der Waals surface area contributed by atoms with E-state index in [0.29, 0.717) is 18.2 Å². The van der Waals surface area contributed by atoms with Crippen LogP contribution in [0.2, 0.25) is 0 Å². The lowest BCUT2D eigenvalue weighted by atomic mass is 10.2. The molecule has 0 heterocycles. The van der Waals surface area contributed by atoms with Gasteiger partial charge in [0.15, 0.2) is 0 Å². The molecule has 0 spiro atoms. The van der Waals surface area contributed by atoms with Gasteiger partial charge in [-0.15, -0.1) is 0 Å². The number of nitrogens with one attached hydrogen (secondary N) is 1. The summed E-state index contributed by atoms with van der Waals surface area (Å²) in [5.74, 6) is -4.68. The molecule has 0 aliphatic heterocycles. The number of hydrogen-bond donors (Lipinski definition) is 2. The van der Waals surface area contributed by atoms with Gasteiger partial charge in [0.2, 0.25) is 0 Å². The maximum atomic E-state index is 13.5. The van der Waals surface area contributed by atoms with Crippen molar-refractivity contribution in [3.63, 3.8) is 0 Å². The molecule has 0 amide bonds. The Morgan fingerprint density at radius 3 is 2.23 bits per heavy atom. The fraction of sp³-hybridized carbons (Fsp3) is 0. The lowest BCUT2D eigenvalue weighted by molar-refractivity contribution is 0.0697. The second-order valence-corrected chi connectivity index (χ2v) is 5.83. The van der Waals surface area contributed by atoms with Gasteiger partial charge in [0.1, 0.15) is 22.3 Å². The van der Waals surface area contributed by atoms with Gasteiger partial charge in [0.25, 0.3) is 10.0 Å². The van der Waals surface area contributed by atoms with Crippen molar-refractivity contribution in [2.45, 2.75) is 4.90 Å². The summed E-state index contributed by atoms with van der Waals surface area (Å²) in [6, 6.07) is 4.09. The molecule has 2 N–H and O–H groups in total. The molecule has 0 radical (unpaired) electrons. The van der Waals surface area contributed by atoms with Crippen LogP contribution in [-0.4, -0.2) is 19.5 Å². The number of aromatic carboxylic acids is 1. The molecule has 0 unspecified atom stereocenters. The van der Waals surface area contributed by atoms with Gasteiger partial charge >= 0.3 is 5.97 Å². The third kappa shape index (κ3) is 3.19. The smallest absolute Gasteiger partial charge is 0.337 e. The standard InChI is InChI=1S/C13H8F3NO4S/c14-7-2-4-11(9(5-7)13(18)19)17-22(20,21)12-6-8(15)1-3-10(12)16/h1-6,17H,(H,18,19). The molecular weight excluding hydrogens is 323 g/mol. The highest BCUT2D eigenvalue weighted by molar-refractivity contribution is 7.92. The van der Waals surface area contributed by atoms with Crippen LogP contribution in [-0.2, 0) is 10.0 Å². The van der Waals surface area contributed by atoms with Crippen LogP contribution in [0.25, 0.3) is 0 Å². The number of halogens is 3. The maximum Gasteiger partial charge on any atom is 0.337 e. The van der Waals surface area contributed by atoms with E-state index in [1.807, 2.05) is 0 Å². The Morgan fingerprint density at radius 2 is 1.59 bits per heavy atom. The first-order valence-corrected chi connectivity index (χ1v) is 7.20. The fourth-order valence-corrected chi connectivity index (χ4v) is 2.84. The Hall–Kier alpha value is -2.55. The number of hydrogen-bond acceptors (Lipinski definition) is 3. The van der Waals surface area contributed by atoms with E-state index in [1.54, 1.807) is 4.72 Å². The minimum absolute atomic E-state index is 0.446. The SMILES string of the molecule is O=C(O)c1cc(F)ccc1NS(=O)(=O)c1cc(F)ccc1F. The van der Waals surface area contributed by atoms with Crippen LogP contribution in [0.1, 0.15) is 10.4 Å². The Morgan fingerprint density at radius 1 is 1.00 bits per heavy atom. The predicted octanol–water partition coefficient (Wildman–Crippen LogP) is 2.60. The molecule has 2 rings (SSSR count). The quantitative estimate of drug-likeness (QED) is 0.902. The van der Waals surface area contributed by atoms with Crippen molar-refractivity contribution in [3.8, 4) is 0 Å². The van der Waals surface area contributed by atoms with E-state index in [-0.39, 0.29) is 0 Å². The number of sulfonamides is 1. The van der Waals surface area contributed by atoms with Crippen molar-refractivity contribution in [1.29, 1.82) is 0 Å². The van der Waals surface area contributed by atoms with E-state index in [9.17, 15) is 26.4 Å². The number of anilines is 1. The van der Waals surface area contributed by atoms with Gasteiger partial charge in [0.05, 0.1) is 11.3 Å². The van der Waals surface area contributed by atoms with E-state index >= 15 is 0 Å². The fourth-order valence-electron chi connectivity index (χ4n) is 1.67. The van der Waals surface area contributed by atoms with Gasteiger partial charge < -0.3 is 5.11 Å². The van der Waals surface area contributed by atoms with E-state index < -0.39 is 49.6 Å². The molecule has 9 heteroatoms. The minimum atomic E-state index is -4.59. The zero-order valence-electron chi connectivity index (χ0n) is 10.7. The second kappa shape index (κ2) is 5.68. The third-order valence-corrected chi connectivity index (χ3v) is 4.02. The monoisotopic (exact) mass is 331 g/mol. The Balaban J connectivity index is 2.50. The van der Waals surface area contributed by atoms with Crippen LogP contribution in [0, 0.1) is 17.5 Å². The number of benzene rings is 2. The van der Waals surface area contributed by atoms with Crippen molar-refractivity contribution in [2.75, 3.05) is 4.72 Å². The lowest BCUT2D eigenvalue weighted by Crippen LogP contribution is -2.17. The van der Waals surface area contributed by atoms with E-state index in [4.69, 9.17) is 5.11 Å². The molecule has 0 bridgehead atoms. The number of rotatable bonds is 4. The molecule has 5 nitrogen and oxygen atoms in total. The maximum absolute atomic E-state index is 13.5. The van der Waals surface area contributed by atoms with Gasteiger partial charge in [-0.2, -0.15) is 0 Å². The van der Waals surface area contributed by atoms with Gasteiger partial charge in [-0.25, -0.2) is 26.4 Å². The van der Waals surface area contributed by atoms with Crippen LogP contribution >= 0.6 is 0 Å².